The van der Waals surface area contributed by atoms with Gasteiger partial charge in [-0.25, -0.2) is 4.39 Å². The van der Waals surface area contributed by atoms with Crippen molar-refractivity contribution in [2.24, 2.45) is 0 Å². The Morgan fingerprint density at radius 2 is 1.82 bits per heavy atom. The van der Waals surface area contributed by atoms with Crippen LogP contribution < -0.4 is 0 Å². The number of rotatable bonds is 4. The van der Waals surface area contributed by atoms with Crippen molar-refractivity contribution in [1.29, 1.82) is 0 Å². The summed E-state index contributed by atoms with van der Waals surface area (Å²) in [5, 5.41) is 9.88. The Kier molecular flexibility index (Phi) is 3.77. The molecule has 1 atom stereocenters. The van der Waals surface area contributed by atoms with Crippen LogP contribution in [0.25, 0.3) is 0 Å². The van der Waals surface area contributed by atoms with Gasteiger partial charge in [-0.3, -0.25) is 9.97 Å². The van der Waals surface area contributed by atoms with Crippen molar-refractivity contribution in [2.75, 3.05) is 0 Å². The Hall–Kier alpha value is -1.81. The zero-order valence-electron chi connectivity index (χ0n) is 9.25. The molecular formula is C13H13FN2O. The number of hydrogen-bond donors (Lipinski definition) is 1. The third kappa shape index (κ3) is 3.07. The molecule has 0 aliphatic rings. The van der Waals surface area contributed by atoms with E-state index >= 15 is 0 Å². The van der Waals surface area contributed by atoms with Crippen molar-refractivity contribution in [3.63, 3.8) is 0 Å². The van der Waals surface area contributed by atoms with E-state index in [2.05, 4.69) is 9.97 Å². The van der Waals surface area contributed by atoms with E-state index in [1.165, 1.54) is 12.3 Å². The second-order valence-corrected chi connectivity index (χ2v) is 3.81. The molecule has 0 fully saturated rings. The molecule has 2 heterocycles. The van der Waals surface area contributed by atoms with Crippen molar-refractivity contribution in [3.05, 3.63) is 59.9 Å². The van der Waals surface area contributed by atoms with Crippen LogP contribution in [-0.4, -0.2) is 15.1 Å². The lowest BCUT2D eigenvalue weighted by molar-refractivity contribution is 0.163. The van der Waals surface area contributed by atoms with Gasteiger partial charge in [0.15, 0.2) is 0 Å². The molecule has 1 unspecified atom stereocenters. The largest absolute Gasteiger partial charge is 0.388 e. The van der Waals surface area contributed by atoms with Crippen molar-refractivity contribution in [1.82, 2.24) is 9.97 Å². The number of aliphatic hydroxyl groups excluding tert-OH is 1. The molecule has 0 aliphatic carbocycles. The van der Waals surface area contributed by atoms with Crippen molar-refractivity contribution < 1.29 is 9.50 Å². The Morgan fingerprint density at radius 3 is 2.53 bits per heavy atom. The molecule has 0 spiro atoms. The van der Waals surface area contributed by atoms with Crippen LogP contribution in [0.3, 0.4) is 0 Å². The number of nitrogens with zero attached hydrogens (tertiary/aromatic N) is 2. The van der Waals surface area contributed by atoms with Gasteiger partial charge in [0, 0.05) is 24.2 Å². The molecular weight excluding hydrogens is 219 g/mol. The molecule has 0 aromatic carbocycles. The highest BCUT2D eigenvalue weighted by Crippen LogP contribution is 2.20. The van der Waals surface area contributed by atoms with Gasteiger partial charge in [-0.15, -0.1) is 0 Å². The highest BCUT2D eigenvalue weighted by atomic mass is 19.1. The maximum absolute atomic E-state index is 13.3. The maximum Gasteiger partial charge on any atom is 0.147 e. The van der Waals surface area contributed by atoms with E-state index in [1.54, 1.807) is 12.4 Å². The lowest BCUT2D eigenvalue weighted by Crippen LogP contribution is -2.02. The first kappa shape index (κ1) is 11.7. The summed E-state index contributed by atoms with van der Waals surface area (Å²) >= 11 is 0. The third-order valence-corrected chi connectivity index (χ3v) is 2.62. The molecule has 0 radical (unpaired) electrons. The maximum atomic E-state index is 13.3. The summed E-state index contributed by atoms with van der Waals surface area (Å²) in [6.07, 6.45) is 6.37. The summed E-state index contributed by atoms with van der Waals surface area (Å²) in [5.41, 5.74) is 1.38. The van der Waals surface area contributed by atoms with E-state index in [1.807, 2.05) is 12.1 Å². The topological polar surface area (TPSA) is 46.0 Å². The standard InChI is InChI=1S/C13H13FN2O/c14-12-9-16-8-5-11(12)13(17)2-1-10-3-6-15-7-4-10/h3-9,13,17H,1-2H2. The van der Waals surface area contributed by atoms with Crippen LogP contribution >= 0.6 is 0 Å². The van der Waals surface area contributed by atoms with Crippen LogP contribution in [0.2, 0.25) is 0 Å². The van der Waals surface area contributed by atoms with Crippen molar-refractivity contribution >= 4 is 0 Å². The average Bonchev–Trinajstić information content (AvgIpc) is 2.38. The molecule has 0 bridgehead atoms. The number of aliphatic hydroxyl groups is 1. The monoisotopic (exact) mass is 232 g/mol. The molecule has 0 aliphatic heterocycles. The summed E-state index contributed by atoms with van der Waals surface area (Å²) in [6.45, 7) is 0. The fourth-order valence-electron chi connectivity index (χ4n) is 1.66. The predicted molar refractivity (Wildman–Crippen MR) is 61.7 cm³/mol. The lowest BCUT2D eigenvalue weighted by atomic mass is 10.0. The van der Waals surface area contributed by atoms with E-state index in [0.29, 0.717) is 18.4 Å². The summed E-state index contributed by atoms with van der Waals surface area (Å²) in [7, 11) is 0. The fraction of sp³-hybridized carbons (Fsp3) is 0.231. The van der Waals surface area contributed by atoms with Crippen LogP contribution in [-0.2, 0) is 6.42 Å². The Bertz CT molecular complexity index is 476. The normalized spacial score (nSPS) is 12.4. The first-order valence-electron chi connectivity index (χ1n) is 5.44. The van der Waals surface area contributed by atoms with Crippen molar-refractivity contribution in [3.8, 4) is 0 Å². The van der Waals surface area contributed by atoms with Gasteiger partial charge in [0.25, 0.3) is 0 Å². The van der Waals surface area contributed by atoms with E-state index in [9.17, 15) is 9.50 Å². The van der Waals surface area contributed by atoms with Gasteiger partial charge in [-0.05, 0) is 36.6 Å². The Morgan fingerprint density at radius 1 is 1.12 bits per heavy atom. The summed E-state index contributed by atoms with van der Waals surface area (Å²) in [4.78, 5) is 7.57. The number of aromatic nitrogens is 2. The number of halogens is 1. The van der Waals surface area contributed by atoms with Crippen molar-refractivity contribution in [2.45, 2.75) is 18.9 Å². The van der Waals surface area contributed by atoms with Gasteiger partial charge < -0.3 is 5.11 Å². The molecule has 4 heteroatoms. The zero-order chi connectivity index (χ0) is 12.1. The van der Waals surface area contributed by atoms with Gasteiger partial charge in [0.1, 0.15) is 5.82 Å². The predicted octanol–water partition coefficient (Wildman–Crippen LogP) is 2.28. The SMILES string of the molecule is OC(CCc1ccncc1)c1ccncc1F. The molecule has 1 N–H and O–H groups in total. The van der Waals surface area contributed by atoms with Crippen LogP contribution in [0.1, 0.15) is 23.7 Å². The minimum Gasteiger partial charge on any atom is -0.388 e. The van der Waals surface area contributed by atoms with Gasteiger partial charge in [0.2, 0.25) is 0 Å². The molecule has 0 saturated carbocycles. The summed E-state index contributed by atoms with van der Waals surface area (Å²) < 4.78 is 13.3. The van der Waals surface area contributed by atoms with Gasteiger partial charge in [-0.2, -0.15) is 0 Å². The molecule has 2 rings (SSSR count). The second-order valence-electron chi connectivity index (χ2n) is 3.81. The van der Waals surface area contributed by atoms with Gasteiger partial charge in [-0.1, -0.05) is 0 Å². The molecule has 17 heavy (non-hydrogen) atoms. The average molecular weight is 232 g/mol. The number of hydrogen-bond acceptors (Lipinski definition) is 3. The fourth-order valence-corrected chi connectivity index (χ4v) is 1.66. The van der Waals surface area contributed by atoms with Gasteiger partial charge in [0.05, 0.1) is 12.3 Å². The Labute approximate surface area is 99.0 Å². The number of aryl methyl sites for hydroxylation is 1. The summed E-state index contributed by atoms with van der Waals surface area (Å²) in [5.74, 6) is -0.463. The second kappa shape index (κ2) is 5.50. The lowest BCUT2D eigenvalue weighted by Gasteiger charge is -2.11. The first-order chi connectivity index (χ1) is 8.27. The van der Waals surface area contributed by atoms with Crippen LogP contribution in [0.15, 0.2) is 43.0 Å². The van der Waals surface area contributed by atoms with Crippen LogP contribution in [0, 0.1) is 5.82 Å². The van der Waals surface area contributed by atoms with Crippen LogP contribution in [0.5, 0.6) is 0 Å². The number of pyridine rings is 2. The minimum absolute atomic E-state index is 0.300. The molecule has 3 nitrogen and oxygen atoms in total. The minimum atomic E-state index is -0.800. The van der Waals surface area contributed by atoms with E-state index in [4.69, 9.17) is 0 Å². The Balaban J connectivity index is 1.99. The summed E-state index contributed by atoms with van der Waals surface area (Å²) in [6, 6.07) is 5.28. The first-order valence-corrected chi connectivity index (χ1v) is 5.44. The quantitative estimate of drug-likeness (QED) is 0.879. The van der Waals surface area contributed by atoms with E-state index in [0.717, 1.165) is 11.8 Å². The smallest absolute Gasteiger partial charge is 0.147 e. The highest BCUT2D eigenvalue weighted by molar-refractivity contribution is 5.17. The molecule has 88 valence electrons. The third-order valence-electron chi connectivity index (χ3n) is 2.62. The van der Waals surface area contributed by atoms with E-state index in [-0.39, 0.29) is 0 Å². The highest BCUT2D eigenvalue weighted by Gasteiger charge is 2.12. The van der Waals surface area contributed by atoms with Crippen LogP contribution in [0.4, 0.5) is 4.39 Å². The molecule has 0 amide bonds. The molecule has 2 aromatic rings. The van der Waals surface area contributed by atoms with Gasteiger partial charge >= 0.3 is 0 Å². The molecule has 2 aromatic heterocycles. The zero-order valence-corrected chi connectivity index (χ0v) is 9.25. The molecule has 0 saturated heterocycles. The van der Waals surface area contributed by atoms with E-state index < -0.39 is 11.9 Å².